The molecule has 10 aromatic rings. The van der Waals surface area contributed by atoms with E-state index in [0.717, 1.165) is 72.3 Å². The number of benzene rings is 8. The Bertz CT molecular complexity index is 3190. The summed E-state index contributed by atoms with van der Waals surface area (Å²) in [5.74, 6) is 1.78. The van der Waals surface area contributed by atoms with Gasteiger partial charge in [0.25, 0.3) is 0 Å². The van der Waals surface area contributed by atoms with Crippen LogP contribution in [0.25, 0.3) is 93.7 Å². The van der Waals surface area contributed by atoms with E-state index in [1.54, 1.807) is 0 Å². The third-order valence-electron chi connectivity index (χ3n) is 10.5. The second kappa shape index (κ2) is 14.1. The molecule has 0 aliphatic rings. The maximum Gasteiger partial charge on any atom is 0.164 e. The predicted octanol–water partition coefficient (Wildman–Crippen LogP) is 13.6. The summed E-state index contributed by atoms with van der Waals surface area (Å²) in [4.78, 5) is 15.3. The number of para-hydroxylation sites is 1. The van der Waals surface area contributed by atoms with Crippen molar-refractivity contribution in [2.75, 3.05) is 0 Å². The van der Waals surface area contributed by atoms with E-state index in [1.807, 2.05) is 36.4 Å². The molecule has 8 aromatic carbocycles. The van der Waals surface area contributed by atoms with Crippen LogP contribution in [0.5, 0.6) is 0 Å². The van der Waals surface area contributed by atoms with Crippen LogP contribution < -0.4 is 0 Å². The second-order valence-electron chi connectivity index (χ2n) is 14.0. The minimum absolute atomic E-state index is 0.568. The Morgan fingerprint density at radius 1 is 0.518 bits per heavy atom. The van der Waals surface area contributed by atoms with Crippen LogP contribution in [0.1, 0.15) is 11.4 Å². The van der Waals surface area contributed by atoms with Gasteiger partial charge in [0.15, 0.2) is 17.5 Å². The standard InChI is InChI=1S/C52H35N3O/c1-2-35(16-7-6-15-34-13-4-3-5-14-34)50-53-51(55-52(54-50)42-29-25-37-24-23-36-17-8-9-18-43(36)46(37)33-42)41-30-27-38-31-40(28-26-39(38)32-41)44-20-12-22-48-49(44)45-19-10-11-21-47(45)56-48/h2-14,16-33H,1,15H2/b7-6-,35-16+. The zero-order valence-electron chi connectivity index (χ0n) is 30.6. The fourth-order valence-corrected chi connectivity index (χ4v) is 7.70. The lowest BCUT2D eigenvalue weighted by Gasteiger charge is -2.11. The summed E-state index contributed by atoms with van der Waals surface area (Å²) >= 11 is 0. The maximum atomic E-state index is 6.20. The molecule has 0 bridgehead atoms. The number of nitrogens with zero attached hydrogens (tertiary/aromatic N) is 3. The van der Waals surface area contributed by atoms with Gasteiger partial charge in [-0.05, 0) is 85.8 Å². The summed E-state index contributed by atoms with van der Waals surface area (Å²) in [6, 6.07) is 57.2. The zero-order chi connectivity index (χ0) is 37.4. The van der Waals surface area contributed by atoms with Gasteiger partial charge in [0.05, 0.1) is 0 Å². The second-order valence-corrected chi connectivity index (χ2v) is 14.0. The first-order chi connectivity index (χ1) is 27.7. The Labute approximate surface area is 324 Å². The summed E-state index contributed by atoms with van der Waals surface area (Å²) in [5.41, 5.74) is 7.97. The number of hydrogen-bond donors (Lipinski definition) is 0. The highest BCUT2D eigenvalue weighted by atomic mass is 16.3. The molecule has 0 aliphatic carbocycles. The van der Waals surface area contributed by atoms with Crippen molar-refractivity contribution in [2.45, 2.75) is 6.42 Å². The lowest BCUT2D eigenvalue weighted by atomic mass is 9.96. The fourth-order valence-electron chi connectivity index (χ4n) is 7.70. The van der Waals surface area contributed by atoms with E-state index < -0.39 is 0 Å². The van der Waals surface area contributed by atoms with Crippen molar-refractivity contribution in [3.05, 3.63) is 206 Å². The number of aromatic nitrogens is 3. The van der Waals surface area contributed by atoms with E-state index in [0.29, 0.717) is 17.5 Å². The molecule has 0 aliphatic heterocycles. The molecule has 0 radical (unpaired) electrons. The van der Waals surface area contributed by atoms with E-state index in [4.69, 9.17) is 19.4 Å². The van der Waals surface area contributed by atoms with Crippen LogP contribution in [0.3, 0.4) is 0 Å². The van der Waals surface area contributed by atoms with Crippen LogP contribution in [-0.4, -0.2) is 15.0 Å². The van der Waals surface area contributed by atoms with Gasteiger partial charge in [-0.1, -0.05) is 164 Å². The fraction of sp³-hybridized carbons (Fsp3) is 0.0192. The van der Waals surface area contributed by atoms with Crippen molar-refractivity contribution >= 4 is 59.8 Å². The average Bonchev–Trinajstić information content (AvgIpc) is 3.65. The highest BCUT2D eigenvalue weighted by Crippen LogP contribution is 2.38. The first-order valence-electron chi connectivity index (χ1n) is 18.8. The predicted molar refractivity (Wildman–Crippen MR) is 233 cm³/mol. The number of fused-ring (bicyclic) bond motifs is 7. The molecule has 0 atom stereocenters. The zero-order valence-corrected chi connectivity index (χ0v) is 30.6. The third kappa shape index (κ3) is 6.13. The third-order valence-corrected chi connectivity index (χ3v) is 10.5. The molecule has 4 nitrogen and oxygen atoms in total. The summed E-state index contributed by atoms with van der Waals surface area (Å²) < 4.78 is 6.20. The molecule has 0 spiro atoms. The Kier molecular flexibility index (Phi) is 8.34. The minimum Gasteiger partial charge on any atom is -0.456 e. The molecule has 0 N–H and O–H groups in total. The van der Waals surface area contributed by atoms with Crippen LogP contribution in [0.2, 0.25) is 0 Å². The Hall–Kier alpha value is -7.43. The molecule has 0 saturated carbocycles. The van der Waals surface area contributed by atoms with Gasteiger partial charge in [-0.3, -0.25) is 0 Å². The monoisotopic (exact) mass is 717 g/mol. The van der Waals surface area contributed by atoms with Crippen LogP contribution in [0.15, 0.2) is 199 Å². The molecule has 0 amide bonds. The Balaban J connectivity index is 1.07. The molecule has 2 heterocycles. The van der Waals surface area contributed by atoms with Crippen LogP contribution in [0.4, 0.5) is 0 Å². The molecular formula is C52H35N3O. The van der Waals surface area contributed by atoms with Crippen molar-refractivity contribution in [3.63, 3.8) is 0 Å². The van der Waals surface area contributed by atoms with Crippen LogP contribution in [0, 0.1) is 0 Å². The largest absolute Gasteiger partial charge is 0.456 e. The molecule has 264 valence electrons. The van der Waals surface area contributed by atoms with Crippen molar-refractivity contribution < 1.29 is 4.42 Å². The van der Waals surface area contributed by atoms with Crippen molar-refractivity contribution in [1.82, 2.24) is 15.0 Å². The normalized spacial score (nSPS) is 12.1. The van der Waals surface area contributed by atoms with Crippen LogP contribution in [-0.2, 0) is 6.42 Å². The van der Waals surface area contributed by atoms with E-state index in [-0.39, 0.29) is 0 Å². The summed E-state index contributed by atoms with van der Waals surface area (Å²) in [6.45, 7) is 4.15. The van der Waals surface area contributed by atoms with Gasteiger partial charge in [0, 0.05) is 27.5 Å². The first kappa shape index (κ1) is 33.2. The van der Waals surface area contributed by atoms with E-state index in [1.165, 1.54) is 21.7 Å². The van der Waals surface area contributed by atoms with Gasteiger partial charge in [0.1, 0.15) is 11.2 Å². The van der Waals surface area contributed by atoms with Gasteiger partial charge < -0.3 is 4.42 Å². The summed E-state index contributed by atoms with van der Waals surface area (Å²) in [7, 11) is 0. The molecule has 4 heteroatoms. The van der Waals surface area contributed by atoms with Gasteiger partial charge in [0.2, 0.25) is 0 Å². The highest BCUT2D eigenvalue weighted by Gasteiger charge is 2.16. The molecule has 0 fully saturated rings. The smallest absolute Gasteiger partial charge is 0.164 e. The van der Waals surface area contributed by atoms with Crippen molar-refractivity contribution in [2.24, 2.45) is 0 Å². The van der Waals surface area contributed by atoms with Gasteiger partial charge in [-0.2, -0.15) is 0 Å². The molecular weight excluding hydrogens is 683 g/mol. The van der Waals surface area contributed by atoms with Crippen molar-refractivity contribution in [3.8, 4) is 33.9 Å². The van der Waals surface area contributed by atoms with E-state index in [2.05, 4.69) is 158 Å². The molecule has 2 aromatic heterocycles. The average molecular weight is 718 g/mol. The summed E-state index contributed by atoms with van der Waals surface area (Å²) in [6.07, 6.45) is 8.86. The lowest BCUT2D eigenvalue weighted by Crippen LogP contribution is -2.02. The number of rotatable bonds is 8. The molecule has 0 unspecified atom stereocenters. The Morgan fingerprint density at radius 2 is 1.14 bits per heavy atom. The maximum absolute atomic E-state index is 6.20. The quantitative estimate of drug-likeness (QED) is 0.116. The number of allylic oxidation sites excluding steroid dienone is 5. The summed E-state index contributed by atoms with van der Waals surface area (Å²) in [5, 5.41) is 9.20. The first-order valence-corrected chi connectivity index (χ1v) is 18.8. The Morgan fingerprint density at radius 3 is 1.95 bits per heavy atom. The van der Waals surface area contributed by atoms with Gasteiger partial charge in [-0.15, -0.1) is 0 Å². The van der Waals surface area contributed by atoms with Gasteiger partial charge >= 0.3 is 0 Å². The lowest BCUT2D eigenvalue weighted by molar-refractivity contribution is 0.669. The number of hydrogen-bond acceptors (Lipinski definition) is 4. The number of furan rings is 1. The van der Waals surface area contributed by atoms with Gasteiger partial charge in [-0.25, -0.2) is 15.0 Å². The SMILES string of the molecule is C=C/C(=C\C=C/Cc1ccccc1)c1nc(-c2ccc3cc(-c4cccc5oc6ccccc6c45)ccc3c2)nc(-c2ccc3ccc4ccccc4c3c2)n1. The molecule has 0 saturated heterocycles. The highest BCUT2D eigenvalue weighted by molar-refractivity contribution is 6.13. The van der Waals surface area contributed by atoms with E-state index in [9.17, 15) is 0 Å². The minimum atomic E-state index is 0.568. The van der Waals surface area contributed by atoms with E-state index >= 15 is 0 Å². The molecule has 10 rings (SSSR count). The molecule has 56 heavy (non-hydrogen) atoms. The van der Waals surface area contributed by atoms with Crippen molar-refractivity contribution in [1.29, 1.82) is 0 Å². The topological polar surface area (TPSA) is 51.8 Å². The van der Waals surface area contributed by atoms with Crippen LogP contribution >= 0.6 is 0 Å².